The van der Waals surface area contributed by atoms with Crippen LogP contribution in [0.1, 0.15) is 25.3 Å². The number of hydrogen-bond acceptors (Lipinski definition) is 2. The van der Waals surface area contributed by atoms with E-state index in [1.54, 1.807) is 0 Å². The minimum atomic E-state index is -0.924. The van der Waals surface area contributed by atoms with Crippen LogP contribution in [0.25, 0.3) is 0 Å². The molecule has 19 heavy (non-hydrogen) atoms. The molecule has 100 valence electrons. The fourth-order valence-corrected chi connectivity index (χ4v) is 2.87. The van der Waals surface area contributed by atoms with Crippen molar-refractivity contribution in [3.8, 4) is 0 Å². The second-order valence-corrected chi connectivity index (χ2v) is 5.52. The molecule has 2 atom stereocenters. The number of nitrogens with zero attached hydrogens (tertiary/aromatic N) is 1. The molecule has 1 N–H and O–H groups in total. The molecule has 0 saturated heterocycles. The van der Waals surface area contributed by atoms with Crippen LogP contribution in [-0.2, 0) is 16.0 Å². The van der Waals surface area contributed by atoms with Gasteiger partial charge in [-0.25, -0.2) is 4.79 Å². The summed E-state index contributed by atoms with van der Waals surface area (Å²) in [5.74, 6) is -0.602. The molecule has 0 spiro atoms. The number of carbonyl (C=O) groups is 2. The van der Waals surface area contributed by atoms with E-state index in [0.717, 1.165) is 24.1 Å². The van der Waals surface area contributed by atoms with Crippen LogP contribution < -0.4 is 4.90 Å². The number of hydrogen-bond donors (Lipinski definition) is 1. The summed E-state index contributed by atoms with van der Waals surface area (Å²) >= 11 is 0. The van der Waals surface area contributed by atoms with Gasteiger partial charge in [0.15, 0.2) is 0 Å². The molecule has 1 aliphatic carbocycles. The third-order valence-electron chi connectivity index (χ3n) is 4.22. The minimum absolute atomic E-state index is 0.0418. The highest BCUT2D eigenvalue weighted by molar-refractivity contribution is 6.03. The van der Waals surface area contributed by atoms with Crippen molar-refractivity contribution in [2.45, 2.75) is 32.2 Å². The number of carboxylic acids is 1. The third kappa shape index (κ3) is 2.01. The maximum absolute atomic E-state index is 12.6. The summed E-state index contributed by atoms with van der Waals surface area (Å²) in [5.41, 5.74) is 1.72. The van der Waals surface area contributed by atoms with Gasteiger partial charge in [-0.2, -0.15) is 0 Å². The Morgan fingerprint density at radius 3 is 2.63 bits per heavy atom. The summed E-state index contributed by atoms with van der Waals surface area (Å²) in [7, 11) is 0. The van der Waals surface area contributed by atoms with E-state index in [4.69, 9.17) is 0 Å². The molecule has 1 aromatic carbocycles. The molecule has 1 fully saturated rings. The molecular formula is C15H17NO3. The lowest BCUT2D eigenvalue weighted by atomic mass is 10.0. The van der Waals surface area contributed by atoms with E-state index < -0.39 is 12.0 Å². The van der Waals surface area contributed by atoms with E-state index >= 15 is 0 Å². The van der Waals surface area contributed by atoms with Gasteiger partial charge in [0.2, 0.25) is 5.91 Å². The zero-order chi connectivity index (χ0) is 13.6. The first-order chi connectivity index (χ1) is 9.09. The second kappa shape index (κ2) is 4.37. The van der Waals surface area contributed by atoms with Crippen molar-refractivity contribution in [2.24, 2.45) is 11.8 Å². The molecule has 0 bridgehead atoms. The summed E-state index contributed by atoms with van der Waals surface area (Å²) in [6, 6.07) is 6.74. The molecule has 2 aliphatic rings. The van der Waals surface area contributed by atoms with Crippen LogP contribution in [0.15, 0.2) is 24.3 Å². The van der Waals surface area contributed by atoms with Crippen LogP contribution in [0, 0.1) is 11.8 Å². The molecule has 1 aromatic rings. The summed E-state index contributed by atoms with van der Waals surface area (Å²) in [6.07, 6.45) is 2.58. The number of anilines is 1. The Morgan fingerprint density at radius 1 is 1.32 bits per heavy atom. The van der Waals surface area contributed by atoms with E-state index in [1.807, 2.05) is 31.2 Å². The standard InChI is InChI=1S/C15H17NO3/c1-9(10-6-7-10)14(17)16-12-5-3-2-4-11(12)8-13(16)15(18)19/h2-5,9-10,13H,6-8H2,1H3,(H,18,19)/t9?,13-/m0/s1. The normalized spacial score (nSPS) is 23.0. The van der Waals surface area contributed by atoms with Crippen LogP contribution in [0.4, 0.5) is 5.69 Å². The highest BCUT2D eigenvalue weighted by Crippen LogP contribution is 2.40. The van der Waals surface area contributed by atoms with Crippen molar-refractivity contribution < 1.29 is 14.7 Å². The summed E-state index contributed by atoms with van der Waals surface area (Å²) in [4.78, 5) is 25.5. The predicted octanol–water partition coefficient (Wildman–Crippen LogP) is 2.08. The molecule has 3 rings (SSSR count). The minimum Gasteiger partial charge on any atom is -0.480 e. The number of benzene rings is 1. The van der Waals surface area contributed by atoms with E-state index in [0.29, 0.717) is 12.3 Å². The average Bonchev–Trinajstić information content (AvgIpc) is 3.16. The van der Waals surface area contributed by atoms with Crippen molar-refractivity contribution in [1.29, 1.82) is 0 Å². The molecule has 1 unspecified atom stereocenters. The summed E-state index contributed by atoms with van der Waals surface area (Å²) < 4.78 is 0. The first-order valence-corrected chi connectivity index (χ1v) is 6.73. The largest absolute Gasteiger partial charge is 0.480 e. The van der Waals surface area contributed by atoms with E-state index in [1.165, 1.54) is 4.90 Å². The van der Waals surface area contributed by atoms with Gasteiger partial charge in [-0.15, -0.1) is 0 Å². The first-order valence-electron chi connectivity index (χ1n) is 6.73. The number of aliphatic carboxylic acids is 1. The molecular weight excluding hydrogens is 242 g/mol. The third-order valence-corrected chi connectivity index (χ3v) is 4.22. The highest BCUT2D eigenvalue weighted by Gasteiger charge is 2.43. The van der Waals surface area contributed by atoms with Crippen LogP contribution in [0.3, 0.4) is 0 Å². The van der Waals surface area contributed by atoms with Gasteiger partial charge in [-0.1, -0.05) is 25.1 Å². The Bertz CT molecular complexity index is 536. The van der Waals surface area contributed by atoms with Crippen molar-refractivity contribution in [1.82, 2.24) is 0 Å². The number of para-hydroxylation sites is 1. The zero-order valence-electron chi connectivity index (χ0n) is 10.9. The van der Waals surface area contributed by atoms with E-state index in [-0.39, 0.29) is 11.8 Å². The van der Waals surface area contributed by atoms with Crippen LogP contribution in [0.5, 0.6) is 0 Å². The molecule has 0 aromatic heterocycles. The molecule has 1 aliphatic heterocycles. The highest BCUT2D eigenvalue weighted by atomic mass is 16.4. The number of carboxylic acid groups (broad SMARTS) is 1. The quantitative estimate of drug-likeness (QED) is 0.904. The Labute approximate surface area is 112 Å². The van der Waals surface area contributed by atoms with Gasteiger partial charge in [-0.3, -0.25) is 9.69 Å². The Hall–Kier alpha value is -1.84. The van der Waals surface area contributed by atoms with Crippen molar-refractivity contribution in [3.05, 3.63) is 29.8 Å². The second-order valence-electron chi connectivity index (χ2n) is 5.52. The Kier molecular flexibility index (Phi) is 2.81. The Morgan fingerprint density at radius 2 is 2.00 bits per heavy atom. The van der Waals surface area contributed by atoms with Gasteiger partial charge in [0.25, 0.3) is 0 Å². The fraction of sp³-hybridized carbons (Fsp3) is 0.467. The summed E-state index contributed by atoms with van der Waals surface area (Å²) in [5, 5.41) is 9.35. The summed E-state index contributed by atoms with van der Waals surface area (Å²) in [6.45, 7) is 1.92. The zero-order valence-corrected chi connectivity index (χ0v) is 10.9. The fourth-order valence-electron chi connectivity index (χ4n) is 2.87. The van der Waals surface area contributed by atoms with Crippen LogP contribution in [-0.4, -0.2) is 23.0 Å². The lowest BCUT2D eigenvalue weighted by Gasteiger charge is -2.25. The number of amides is 1. The predicted molar refractivity (Wildman–Crippen MR) is 70.9 cm³/mol. The van der Waals surface area contributed by atoms with Crippen molar-refractivity contribution in [3.63, 3.8) is 0 Å². The van der Waals surface area contributed by atoms with Gasteiger partial charge in [0.05, 0.1) is 0 Å². The SMILES string of the molecule is CC(C(=O)N1c2ccccc2C[C@H]1C(=O)O)C1CC1. The number of carbonyl (C=O) groups excluding carboxylic acids is 1. The smallest absolute Gasteiger partial charge is 0.327 e. The number of fused-ring (bicyclic) bond motifs is 1. The maximum atomic E-state index is 12.6. The van der Waals surface area contributed by atoms with Gasteiger partial charge >= 0.3 is 5.97 Å². The molecule has 4 nitrogen and oxygen atoms in total. The maximum Gasteiger partial charge on any atom is 0.327 e. The lowest BCUT2D eigenvalue weighted by Crippen LogP contribution is -2.45. The topological polar surface area (TPSA) is 57.6 Å². The van der Waals surface area contributed by atoms with Crippen LogP contribution in [0.2, 0.25) is 0 Å². The monoisotopic (exact) mass is 259 g/mol. The van der Waals surface area contributed by atoms with Gasteiger partial charge in [0.1, 0.15) is 6.04 Å². The molecule has 1 amide bonds. The van der Waals surface area contributed by atoms with E-state index in [2.05, 4.69) is 0 Å². The number of rotatable bonds is 3. The molecule has 1 heterocycles. The van der Waals surface area contributed by atoms with E-state index in [9.17, 15) is 14.7 Å². The van der Waals surface area contributed by atoms with Crippen molar-refractivity contribution in [2.75, 3.05) is 4.90 Å². The Balaban J connectivity index is 1.95. The molecule has 1 saturated carbocycles. The average molecular weight is 259 g/mol. The van der Waals surface area contributed by atoms with Crippen LogP contribution >= 0.6 is 0 Å². The van der Waals surface area contributed by atoms with Crippen molar-refractivity contribution >= 4 is 17.6 Å². The molecule has 0 radical (unpaired) electrons. The molecule has 4 heteroatoms. The lowest BCUT2D eigenvalue weighted by molar-refractivity contribution is -0.140. The van der Waals surface area contributed by atoms with Gasteiger partial charge < -0.3 is 5.11 Å². The first kappa shape index (κ1) is 12.2. The van der Waals surface area contributed by atoms with Gasteiger partial charge in [0, 0.05) is 18.0 Å². The van der Waals surface area contributed by atoms with Gasteiger partial charge in [-0.05, 0) is 30.4 Å².